The van der Waals surface area contributed by atoms with E-state index in [0.717, 1.165) is 31.5 Å². The quantitative estimate of drug-likeness (QED) is 0.672. The first-order chi connectivity index (χ1) is 11.1. The number of nitrogens with zero attached hydrogens (tertiary/aromatic N) is 5. The molecule has 0 unspecified atom stereocenters. The predicted octanol–water partition coefficient (Wildman–Crippen LogP) is 1.40. The van der Waals surface area contributed by atoms with Gasteiger partial charge in [-0.25, -0.2) is 4.68 Å². The molecule has 1 aliphatic rings. The van der Waals surface area contributed by atoms with Gasteiger partial charge in [0.05, 0.1) is 5.75 Å². The molecule has 0 radical (unpaired) electrons. The minimum atomic E-state index is 0.135. The van der Waals surface area contributed by atoms with Gasteiger partial charge < -0.3 is 10.7 Å². The summed E-state index contributed by atoms with van der Waals surface area (Å²) in [6, 6.07) is 3.64. The molecule has 1 fully saturated rings. The summed E-state index contributed by atoms with van der Waals surface area (Å²) in [4.78, 5) is 18.2. The smallest absolute Gasteiger partial charge is 0.233 e. The fraction of sp³-hybridized carbons (Fsp3) is 0.467. The molecule has 3 heterocycles. The predicted molar refractivity (Wildman–Crippen MR) is 89.1 cm³/mol. The minimum Gasteiger partial charge on any atom is -0.342 e. The molecule has 23 heavy (non-hydrogen) atoms. The van der Waals surface area contributed by atoms with Gasteiger partial charge >= 0.3 is 0 Å². The maximum atomic E-state index is 12.3. The highest BCUT2D eigenvalue weighted by atomic mass is 32.2. The fourth-order valence-corrected chi connectivity index (χ4v) is 3.31. The highest BCUT2D eigenvalue weighted by Gasteiger charge is 2.21. The number of carbonyl (C=O) groups excluding carboxylic acids is 1. The van der Waals surface area contributed by atoms with Crippen molar-refractivity contribution in [3.05, 3.63) is 24.5 Å². The van der Waals surface area contributed by atoms with E-state index in [2.05, 4.69) is 22.1 Å². The molecule has 2 N–H and O–H groups in total. The first-order valence-corrected chi connectivity index (χ1v) is 8.65. The molecule has 8 heteroatoms. The lowest BCUT2D eigenvalue weighted by Crippen LogP contribution is -2.39. The molecule has 1 aliphatic heterocycles. The number of rotatable bonds is 4. The van der Waals surface area contributed by atoms with Crippen molar-refractivity contribution in [2.24, 2.45) is 5.92 Å². The molecule has 0 bridgehead atoms. The highest BCUT2D eigenvalue weighted by molar-refractivity contribution is 7.99. The molecule has 1 saturated heterocycles. The molecular weight excluding hydrogens is 312 g/mol. The number of aromatic nitrogens is 4. The molecule has 1 amide bonds. The summed E-state index contributed by atoms with van der Waals surface area (Å²) >= 11 is 1.32. The standard InChI is InChI=1S/C15H20N6OS/c1-11-4-8-20(9-5-11)13(22)10-23-15-19-18-14(21(15)16)12-2-6-17-7-3-12/h2-3,6-7,11H,4-5,8-10,16H2,1H3. The molecule has 0 aliphatic carbocycles. The lowest BCUT2D eigenvalue weighted by molar-refractivity contribution is -0.129. The largest absolute Gasteiger partial charge is 0.342 e. The van der Waals surface area contributed by atoms with Gasteiger partial charge in [0.15, 0.2) is 5.82 Å². The van der Waals surface area contributed by atoms with E-state index in [9.17, 15) is 4.79 Å². The molecule has 2 aromatic rings. The number of hydrogen-bond acceptors (Lipinski definition) is 6. The van der Waals surface area contributed by atoms with E-state index in [-0.39, 0.29) is 5.91 Å². The Morgan fingerprint density at radius 1 is 1.30 bits per heavy atom. The van der Waals surface area contributed by atoms with Crippen LogP contribution in [0, 0.1) is 5.92 Å². The summed E-state index contributed by atoms with van der Waals surface area (Å²) in [7, 11) is 0. The Morgan fingerprint density at radius 2 is 2.00 bits per heavy atom. The van der Waals surface area contributed by atoms with Gasteiger partial charge in [0.1, 0.15) is 0 Å². The van der Waals surface area contributed by atoms with Crippen LogP contribution in [0.5, 0.6) is 0 Å². The van der Waals surface area contributed by atoms with E-state index in [1.807, 2.05) is 17.0 Å². The van der Waals surface area contributed by atoms with Crippen LogP contribution >= 0.6 is 11.8 Å². The summed E-state index contributed by atoms with van der Waals surface area (Å²) < 4.78 is 1.42. The van der Waals surface area contributed by atoms with E-state index >= 15 is 0 Å². The van der Waals surface area contributed by atoms with E-state index < -0.39 is 0 Å². The molecule has 0 atom stereocenters. The number of likely N-dealkylation sites (tertiary alicyclic amines) is 1. The molecule has 3 rings (SSSR count). The third-order valence-corrected chi connectivity index (χ3v) is 4.99. The second-order valence-corrected chi connectivity index (χ2v) is 6.71. The number of hydrogen-bond donors (Lipinski definition) is 1. The highest BCUT2D eigenvalue weighted by Crippen LogP contribution is 2.22. The van der Waals surface area contributed by atoms with E-state index in [4.69, 9.17) is 5.84 Å². The van der Waals surface area contributed by atoms with Crippen molar-refractivity contribution in [2.45, 2.75) is 24.9 Å². The van der Waals surface area contributed by atoms with Crippen LogP contribution < -0.4 is 5.84 Å². The maximum Gasteiger partial charge on any atom is 0.233 e. The number of nitrogens with two attached hydrogens (primary N) is 1. The Balaban J connectivity index is 1.61. The van der Waals surface area contributed by atoms with Gasteiger partial charge in [0.25, 0.3) is 0 Å². The van der Waals surface area contributed by atoms with Crippen molar-refractivity contribution in [1.29, 1.82) is 0 Å². The number of piperidine rings is 1. The average Bonchev–Trinajstić information content (AvgIpc) is 2.95. The van der Waals surface area contributed by atoms with Gasteiger partial charge in [-0.2, -0.15) is 0 Å². The fourth-order valence-electron chi connectivity index (χ4n) is 2.55. The van der Waals surface area contributed by atoms with Crippen LogP contribution in [0.3, 0.4) is 0 Å². The van der Waals surface area contributed by atoms with Crippen LogP contribution in [0.2, 0.25) is 0 Å². The SMILES string of the molecule is CC1CCN(C(=O)CSc2nnc(-c3ccncc3)n2N)CC1. The Bertz CT molecular complexity index is 666. The minimum absolute atomic E-state index is 0.135. The Hall–Kier alpha value is -2.09. The van der Waals surface area contributed by atoms with E-state index in [0.29, 0.717) is 22.7 Å². The van der Waals surface area contributed by atoms with Crippen molar-refractivity contribution >= 4 is 17.7 Å². The van der Waals surface area contributed by atoms with Gasteiger partial charge in [-0.05, 0) is 30.9 Å². The van der Waals surface area contributed by atoms with Gasteiger partial charge in [-0.15, -0.1) is 10.2 Å². The van der Waals surface area contributed by atoms with Gasteiger partial charge in [-0.1, -0.05) is 18.7 Å². The van der Waals surface area contributed by atoms with Crippen LogP contribution in [-0.2, 0) is 4.79 Å². The van der Waals surface area contributed by atoms with Crippen molar-refractivity contribution in [2.75, 3.05) is 24.7 Å². The Morgan fingerprint density at radius 3 is 2.70 bits per heavy atom. The monoisotopic (exact) mass is 332 g/mol. The number of thioether (sulfide) groups is 1. The van der Waals surface area contributed by atoms with Crippen molar-refractivity contribution in [3.8, 4) is 11.4 Å². The second-order valence-electron chi connectivity index (χ2n) is 5.76. The molecule has 7 nitrogen and oxygen atoms in total. The van der Waals surface area contributed by atoms with Crippen molar-refractivity contribution in [3.63, 3.8) is 0 Å². The lowest BCUT2D eigenvalue weighted by atomic mass is 9.99. The van der Waals surface area contributed by atoms with Gasteiger partial charge in [-0.3, -0.25) is 9.78 Å². The van der Waals surface area contributed by atoms with Crippen LogP contribution in [-0.4, -0.2) is 49.5 Å². The maximum absolute atomic E-state index is 12.3. The molecule has 0 saturated carbocycles. The first-order valence-electron chi connectivity index (χ1n) is 7.66. The summed E-state index contributed by atoms with van der Waals surface area (Å²) in [6.07, 6.45) is 5.51. The average molecular weight is 332 g/mol. The number of pyridine rings is 1. The van der Waals surface area contributed by atoms with Crippen LogP contribution in [0.25, 0.3) is 11.4 Å². The molecular formula is C15H20N6OS. The van der Waals surface area contributed by atoms with Crippen molar-refractivity contribution < 1.29 is 4.79 Å². The lowest BCUT2D eigenvalue weighted by Gasteiger charge is -2.30. The number of amides is 1. The van der Waals surface area contributed by atoms with Gasteiger partial charge in [0.2, 0.25) is 11.1 Å². The number of carbonyl (C=O) groups is 1. The third-order valence-electron chi connectivity index (χ3n) is 4.06. The zero-order valence-corrected chi connectivity index (χ0v) is 13.9. The summed E-state index contributed by atoms with van der Waals surface area (Å²) in [6.45, 7) is 3.92. The third kappa shape index (κ3) is 3.64. The second kappa shape index (κ2) is 6.99. The van der Waals surface area contributed by atoms with Crippen LogP contribution in [0.4, 0.5) is 0 Å². The van der Waals surface area contributed by atoms with Crippen molar-refractivity contribution in [1.82, 2.24) is 24.8 Å². The Kier molecular flexibility index (Phi) is 4.80. The summed E-state index contributed by atoms with van der Waals surface area (Å²) in [5, 5.41) is 8.72. The van der Waals surface area contributed by atoms with Gasteiger partial charge in [0, 0.05) is 31.0 Å². The Labute approximate surface area is 139 Å². The van der Waals surface area contributed by atoms with Crippen LogP contribution in [0.1, 0.15) is 19.8 Å². The zero-order valence-electron chi connectivity index (χ0n) is 13.1. The molecule has 0 spiro atoms. The van der Waals surface area contributed by atoms with E-state index in [1.165, 1.54) is 16.4 Å². The zero-order chi connectivity index (χ0) is 16.2. The first kappa shape index (κ1) is 15.8. The van der Waals surface area contributed by atoms with Crippen LogP contribution in [0.15, 0.2) is 29.7 Å². The summed E-state index contributed by atoms with van der Waals surface area (Å²) in [5.41, 5.74) is 0.846. The molecule has 2 aromatic heterocycles. The molecule has 122 valence electrons. The summed E-state index contributed by atoms with van der Waals surface area (Å²) in [5.74, 6) is 7.79. The topological polar surface area (TPSA) is 89.9 Å². The number of nitrogen functional groups attached to an aromatic ring is 1. The van der Waals surface area contributed by atoms with E-state index in [1.54, 1.807) is 12.4 Å². The molecule has 0 aromatic carbocycles. The normalized spacial score (nSPS) is 15.8.